The Kier molecular flexibility index (Phi) is 6.55. The lowest BCUT2D eigenvalue weighted by Gasteiger charge is -2.27. The van der Waals surface area contributed by atoms with Crippen LogP contribution in [0.5, 0.6) is 0 Å². The summed E-state index contributed by atoms with van der Waals surface area (Å²) in [6.07, 6.45) is 5.48. The van der Waals surface area contributed by atoms with Gasteiger partial charge in [-0.25, -0.2) is 0 Å². The molecule has 1 atom stereocenters. The molecule has 2 heteroatoms. The van der Waals surface area contributed by atoms with E-state index in [0.29, 0.717) is 12.0 Å². The fraction of sp³-hybridized carbons (Fsp3) is 0.667. The molecule has 0 saturated carbocycles. The third-order valence-corrected chi connectivity index (χ3v) is 4.29. The second kappa shape index (κ2) is 8.43. The minimum Gasteiger partial charge on any atom is -0.310 e. The quantitative estimate of drug-likeness (QED) is 0.760. The molecule has 1 N–H and O–H groups in total. The van der Waals surface area contributed by atoms with E-state index in [2.05, 4.69) is 54.4 Å². The van der Waals surface area contributed by atoms with E-state index in [9.17, 15) is 0 Å². The summed E-state index contributed by atoms with van der Waals surface area (Å²) in [5.74, 6) is 0.632. The molecule has 1 aromatic rings. The van der Waals surface area contributed by atoms with Crippen molar-refractivity contribution >= 4 is 0 Å². The minimum absolute atomic E-state index is 0.484. The zero-order valence-corrected chi connectivity index (χ0v) is 13.1. The van der Waals surface area contributed by atoms with Crippen molar-refractivity contribution in [2.75, 3.05) is 26.2 Å². The van der Waals surface area contributed by atoms with Crippen LogP contribution in [0.15, 0.2) is 30.3 Å². The maximum Gasteiger partial charge on any atom is 0.0343 e. The van der Waals surface area contributed by atoms with Crippen molar-refractivity contribution in [3.63, 3.8) is 0 Å². The van der Waals surface area contributed by atoms with Crippen LogP contribution < -0.4 is 5.32 Å². The molecule has 1 heterocycles. The Bertz CT molecular complexity index is 355. The standard InChI is InChI=1S/C18H30N2/c1-16(2)18(17-10-5-3-6-11-17)19-12-9-15-20-13-7-4-8-14-20/h3,5-6,10-11,16,18-19H,4,7-9,12-15H2,1-2H3. The predicted octanol–water partition coefficient (Wildman–Crippen LogP) is 3.85. The largest absolute Gasteiger partial charge is 0.310 e. The minimum atomic E-state index is 0.484. The van der Waals surface area contributed by atoms with E-state index in [1.165, 1.54) is 50.9 Å². The second-order valence-corrected chi connectivity index (χ2v) is 6.34. The van der Waals surface area contributed by atoms with Gasteiger partial charge in [-0.1, -0.05) is 50.6 Å². The Morgan fingerprint density at radius 3 is 2.40 bits per heavy atom. The van der Waals surface area contributed by atoms with Crippen LogP contribution in [-0.4, -0.2) is 31.1 Å². The van der Waals surface area contributed by atoms with Crippen molar-refractivity contribution < 1.29 is 0 Å². The van der Waals surface area contributed by atoms with Gasteiger partial charge in [0.25, 0.3) is 0 Å². The van der Waals surface area contributed by atoms with Gasteiger partial charge in [-0.15, -0.1) is 0 Å². The summed E-state index contributed by atoms with van der Waals surface area (Å²) < 4.78 is 0. The molecule has 1 unspecified atom stereocenters. The molecule has 20 heavy (non-hydrogen) atoms. The molecule has 0 bridgehead atoms. The van der Waals surface area contributed by atoms with Crippen LogP contribution in [0.3, 0.4) is 0 Å². The van der Waals surface area contributed by atoms with Crippen LogP contribution >= 0.6 is 0 Å². The lowest BCUT2D eigenvalue weighted by molar-refractivity contribution is 0.223. The lowest BCUT2D eigenvalue weighted by Crippen LogP contribution is -2.33. The molecule has 2 nitrogen and oxygen atoms in total. The van der Waals surface area contributed by atoms with Crippen molar-refractivity contribution in [1.82, 2.24) is 10.2 Å². The Labute approximate surface area is 124 Å². The smallest absolute Gasteiger partial charge is 0.0343 e. The van der Waals surface area contributed by atoms with Gasteiger partial charge in [-0.3, -0.25) is 0 Å². The molecule has 112 valence electrons. The molecule has 0 aromatic heterocycles. The molecule has 1 aliphatic heterocycles. The van der Waals surface area contributed by atoms with E-state index in [4.69, 9.17) is 0 Å². The van der Waals surface area contributed by atoms with Crippen molar-refractivity contribution in [2.45, 2.75) is 45.6 Å². The summed E-state index contributed by atoms with van der Waals surface area (Å²) >= 11 is 0. The SMILES string of the molecule is CC(C)C(NCCCN1CCCCC1)c1ccccc1. The van der Waals surface area contributed by atoms with E-state index in [1.807, 2.05) is 0 Å². The lowest BCUT2D eigenvalue weighted by atomic mass is 9.96. The number of piperidine rings is 1. The number of nitrogens with one attached hydrogen (secondary N) is 1. The molecule has 1 aliphatic rings. The topological polar surface area (TPSA) is 15.3 Å². The Hall–Kier alpha value is -0.860. The average molecular weight is 274 g/mol. The molecule has 2 rings (SSSR count). The summed E-state index contributed by atoms with van der Waals surface area (Å²) in [6, 6.07) is 11.3. The van der Waals surface area contributed by atoms with Gasteiger partial charge in [-0.05, 0) is 56.9 Å². The van der Waals surface area contributed by atoms with E-state index >= 15 is 0 Å². The molecule has 0 radical (unpaired) electrons. The highest BCUT2D eigenvalue weighted by Gasteiger charge is 2.15. The first kappa shape index (κ1) is 15.5. The van der Waals surface area contributed by atoms with Crippen LogP contribution in [-0.2, 0) is 0 Å². The van der Waals surface area contributed by atoms with Crippen LogP contribution in [0, 0.1) is 5.92 Å². The number of hydrogen-bond acceptors (Lipinski definition) is 2. The first-order valence-corrected chi connectivity index (χ1v) is 8.28. The first-order valence-electron chi connectivity index (χ1n) is 8.28. The molecule has 0 spiro atoms. The van der Waals surface area contributed by atoms with Gasteiger partial charge in [0.15, 0.2) is 0 Å². The third-order valence-electron chi connectivity index (χ3n) is 4.29. The Morgan fingerprint density at radius 2 is 1.75 bits per heavy atom. The zero-order chi connectivity index (χ0) is 14.2. The van der Waals surface area contributed by atoms with Crippen LogP contribution in [0.4, 0.5) is 0 Å². The van der Waals surface area contributed by atoms with Gasteiger partial charge in [-0.2, -0.15) is 0 Å². The monoisotopic (exact) mass is 274 g/mol. The molecular formula is C18H30N2. The maximum atomic E-state index is 3.75. The molecular weight excluding hydrogens is 244 g/mol. The molecule has 1 aromatic carbocycles. The van der Waals surface area contributed by atoms with Crippen LogP contribution in [0.2, 0.25) is 0 Å². The predicted molar refractivity (Wildman–Crippen MR) is 86.9 cm³/mol. The van der Waals surface area contributed by atoms with Crippen LogP contribution in [0.1, 0.15) is 51.1 Å². The van der Waals surface area contributed by atoms with Gasteiger partial charge in [0.05, 0.1) is 0 Å². The van der Waals surface area contributed by atoms with Crippen molar-refractivity contribution in [3.8, 4) is 0 Å². The first-order chi connectivity index (χ1) is 9.77. The van der Waals surface area contributed by atoms with Gasteiger partial charge in [0, 0.05) is 6.04 Å². The normalized spacial score (nSPS) is 18.4. The van der Waals surface area contributed by atoms with E-state index < -0.39 is 0 Å². The highest BCUT2D eigenvalue weighted by molar-refractivity contribution is 5.19. The van der Waals surface area contributed by atoms with Crippen molar-refractivity contribution in [1.29, 1.82) is 0 Å². The zero-order valence-electron chi connectivity index (χ0n) is 13.1. The number of hydrogen-bond donors (Lipinski definition) is 1. The summed E-state index contributed by atoms with van der Waals surface area (Å²) in [5.41, 5.74) is 1.42. The van der Waals surface area contributed by atoms with E-state index in [-0.39, 0.29) is 0 Å². The van der Waals surface area contributed by atoms with Crippen molar-refractivity contribution in [2.24, 2.45) is 5.92 Å². The van der Waals surface area contributed by atoms with Crippen molar-refractivity contribution in [3.05, 3.63) is 35.9 Å². The van der Waals surface area contributed by atoms with Gasteiger partial charge < -0.3 is 10.2 Å². The Balaban J connectivity index is 1.72. The number of benzene rings is 1. The van der Waals surface area contributed by atoms with Gasteiger partial charge in [0.2, 0.25) is 0 Å². The number of likely N-dealkylation sites (tertiary alicyclic amines) is 1. The molecule has 1 saturated heterocycles. The summed E-state index contributed by atoms with van der Waals surface area (Å²) in [7, 11) is 0. The highest BCUT2D eigenvalue weighted by atomic mass is 15.1. The molecule has 0 amide bonds. The number of nitrogens with zero attached hydrogens (tertiary/aromatic N) is 1. The Morgan fingerprint density at radius 1 is 1.05 bits per heavy atom. The summed E-state index contributed by atoms with van der Waals surface area (Å²) in [5, 5.41) is 3.75. The van der Waals surface area contributed by atoms with E-state index in [1.54, 1.807) is 0 Å². The highest BCUT2D eigenvalue weighted by Crippen LogP contribution is 2.21. The summed E-state index contributed by atoms with van der Waals surface area (Å²) in [6.45, 7) is 9.60. The van der Waals surface area contributed by atoms with E-state index in [0.717, 1.165) is 6.54 Å². The van der Waals surface area contributed by atoms with Crippen LogP contribution in [0.25, 0.3) is 0 Å². The van der Waals surface area contributed by atoms with Gasteiger partial charge in [0.1, 0.15) is 0 Å². The molecule has 0 aliphatic carbocycles. The maximum absolute atomic E-state index is 3.75. The second-order valence-electron chi connectivity index (χ2n) is 6.34. The fourth-order valence-electron chi connectivity index (χ4n) is 3.14. The number of rotatable bonds is 7. The fourth-order valence-corrected chi connectivity index (χ4v) is 3.14. The molecule has 1 fully saturated rings. The third kappa shape index (κ3) is 4.92. The summed E-state index contributed by atoms with van der Waals surface area (Å²) in [4.78, 5) is 2.62. The van der Waals surface area contributed by atoms with Gasteiger partial charge >= 0.3 is 0 Å². The average Bonchev–Trinajstić information content (AvgIpc) is 2.49.